The van der Waals surface area contributed by atoms with Gasteiger partial charge in [-0.25, -0.2) is 0 Å². The summed E-state index contributed by atoms with van der Waals surface area (Å²) in [5, 5.41) is 18.7. The number of aliphatic imine (C=N–C) groups is 1. The van der Waals surface area contributed by atoms with Crippen LogP contribution in [0.5, 0.6) is 11.5 Å². The number of halogens is 1. The largest absolute Gasteiger partial charge is 0.508 e. The fraction of sp³-hybridized carbons (Fsp3) is 0.364. The number of phenolic OH excluding ortho intramolecular Hbond substituents is 1. The molecular formula is C22H31IN4O3. The van der Waals surface area contributed by atoms with Crippen LogP contribution in [0.2, 0.25) is 0 Å². The van der Waals surface area contributed by atoms with E-state index in [1.165, 1.54) is 12.1 Å². The third kappa shape index (κ3) is 10.3. The predicted octanol–water partition coefficient (Wildman–Crippen LogP) is 3.15. The molecule has 0 aromatic heterocycles. The molecule has 164 valence electrons. The number of carbonyl (C=O) groups is 1. The topological polar surface area (TPSA) is 95.0 Å². The summed E-state index contributed by atoms with van der Waals surface area (Å²) >= 11 is 0. The monoisotopic (exact) mass is 526 g/mol. The highest BCUT2D eigenvalue weighted by atomic mass is 127. The van der Waals surface area contributed by atoms with Gasteiger partial charge in [-0.2, -0.15) is 0 Å². The van der Waals surface area contributed by atoms with Gasteiger partial charge in [-0.15, -0.1) is 24.0 Å². The van der Waals surface area contributed by atoms with Crippen molar-refractivity contribution in [1.29, 1.82) is 0 Å². The van der Waals surface area contributed by atoms with Crippen molar-refractivity contribution >= 4 is 35.8 Å². The maximum atomic E-state index is 12.0. The zero-order valence-corrected chi connectivity index (χ0v) is 19.6. The van der Waals surface area contributed by atoms with Gasteiger partial charge < -0.3 is 25.8 Å². The molecule has 0 atom stereocenters. The third-order valence-electron chi connectivity index (χ3n) is 3.97. The lowest BCUT2D eigenvalue weighted by Gasteiger charge is -2.12. The second-order valence-corrected chi connectivity index (χ2v) is 6.36. The Balaban J connectivity index is 0.00000450. The molecule has 1 amide bonds. The second-order valence-electron chi connectivity index (χ2n) is 6.36. The van der Waals surface area contributed by atoms with Gasteiger partial charge in [0.1, 0.15) is 11.5 Å². The van der Waals surface area contributed by atoms with E-state index in [2.05, 4.69) is 20.9 Å². The van der Waals surface area contributed by atoms with Gasteiger partial charge in [0.15, 0.2) is 5.96 Å². The number of carbonyl (C=O) groups excluding carboxylic acids is 1. The zero-order chi connectivity index (χ0) is 20.7. The first-order chi connectivity index (χ1) is 14.2. The zero-order valence-electron chi connectivity index (χ0n) is 17.3. The number of nitrogens with zero attached hydrogens (tertiary/aromatic N) is 1. The normalized spacial score (nSPS) is 10.6. The van der Waals surface area contributed by atoms with E-state index in [0.29, 0.717) is 31.8 Å². The van der Waals surface area contributed by atoms with E-state index in [1.807, 2.05) is 37.3 Å². The molecule has 8 heteroatoms. The van der Waals surface area contributed by atoms with Gasteiger partial charge in [0.2, 0.25) is 0 Å². The van der Waals surface area contributed by atoms with Crippen LogP contribution in [-0.2, 0) is 0 Å². The van der Waals surface area contributed by atoms with Crippen molar-refractivity contribution in [2.24, 2.45) is 4.99 Å². The molecule has 0 bridgehead atoms. The molecule has 0 saturated carbocycles. The fourth-order valence-corrected chi connectivity index (χ4v) is 2.55. The molecule has 0 fully saturated rings. The Labute approximate surface area is 195 Å². The lowest BCUT2D eigenvalue weighted by molar-refractivity contribution is 0.0953. The van der Waals surface area contributed by atoms with Gasteiger partial charge in [-0.3, -0.25) is 9.79 Å². The summed E-state index contributed by atoms with van der Waals surface area (Å²) < 4.78 is 5.66. The van der Waals surface area contributed by atoms with E-state index >= 15 is 0 Å². The van der Waals surface area contributed by atoms with Crippen LogP contribution in [0, 0.1) is 0 Å². The first-order valence-corrected chi connectivity index (χ1v) is 9.96. The van der Waals surface area contributed by atoms with Crippen LogP contribution in [0.1, 0.15) is 30.1 Å². The van der Waals surface area contributed by atoms with Gasteiger partial charge in [-0.05, 0) is 43.7 Å². The molecule has 0 saturated heterocycles. The first kappa shape index (κ1) is 25.5. The summed E-state index contributed by atoms with van der Waals surface area (Å²) in [6.45, 7) is 5.30. The Morgan fingerprint density at radius 1 is 1.00 bits per heavy atom. The van der Waals surface area contributed by atoms with Gasteiger partial charge in [0, 0.05) is 38.2 Å². The van der Waals surface area contributed by atoms with Crippen molar-refractivity contribution in [3.05, 3.63) is 60.2 Å². The van der Waals surface area contributed by atoms with Crippen molar-refractivity contribution < 1.29 is 14.6 Å². The average Bonchev–Trinajstić information content (AvgIpc) is 2.73. The molecule has 0 spiro atoms. The molecule has 0 heterocycles. The second kappa shape index (κ2) is 15.4. The van der Waals surface area contributed by atoms with Crippen LogP contribution in [0.3, 0.4) is 0 Å². The first-order valence-electron chi connectivity index (χ1n) is 9.96. The summed E-state index contributed by atoms with van der Waals surface area (Å²) in [6.07, 6.45) is 1.58. The number of guanidine groups is 1. The number of hydrogen-bond acceptors (Lipinski definition) is 4. The molecule has 2 aromatic carbocycles. The number of hydrogen-bond donors (Lipinski definition) is 4. The minimum absolute atomic E-state index is 0. The molecule has 4 N–H and O–H groups in total. The smallest absolute Gasteiger partial charge is 0.251 e. The number of nitrogens with one attached hydrogen (secondary N) is 3. The number of phenols is 1. The summed E-state index contributed by atoms with van der Waals surface area (Å²) in [7, 11) is 0. The number of rotatable bonds is 11. The number of aromatic hydroxyl groups is 1. The summed E-state index contributed by atoms with van der Waals surface area (Å²) in [4.78, 5) is 16.5. The molecule has 2 aromatic rings. The molecule has 0 unspecified atom stereocenters. The van der Waals surface area contributed by atoms with Gasteiger partial charge >= 0.3 is 0 Å². The number of ether oxygens (including phenoxy) is 1. The molecular weight excluding hydrogens is 495 g/mol. The van der Waals surface area contributed by atoms with Crippen LogP contribution in [0.15, 0.2) is 59.6 Å². The Hall–Kier alpha value is -2.49. The Bertz CT molecular complexity index is 772. The van der Waals surface area contributed by atoms with Crippen molar-refractivity contribution in [3.63, 3.8) is 0 Å². The van der Waals surface area contributed by atoms with Crippen molar-refractivity contribution in [2.45, 2.75) is 19.8 Å². The Kier molecular flexibility index (Phi) is 13.1. The maximum Gasteiger partial charge on any atom is 0.251 e. The van der Waals surface area contributed by atoms with Crippen LogP contribution >= 0.6 is 24.0 Å². The van der Waals surface area contributed by atoms with E-state index in [1.54, 1.807) is 12.1 Å². The van der Waals surface area contributed by atoms with E-state index < -0.39 is 0 Å². The number of para-hydroxylation sites is 1. The van der Waals surface area contributed by atoms with Crippen LogP contribution in [-0.4, -0.2) is 49.8 Å². The summed E-state index contributed by atoms with van der Waals surface area (Å²) in [6, 6.07) is 16.0. The third-order valence-corrected chi connectivity index (χ3v) is 3.97. The van der Waals surface area contributed by atoms with Crippen LogP contribution < -0.4 is 20.7 Å². The SMILES string of the molecule is CCNC(=NCCCOc1ccccc1)NCCCNC(=O)c1cccc(O)c1.I. The van der Waals surface area contributed by atoms with E-state index in [9.17, 15) is 9.90 Å². The number of amides is 1. The minimum atomic E-state index is -0.195. The van der Waals surface area contributed by atoms with Gasteiger partial charge in [0.25, 0.3) is 5.91 Å². The predicted molar refractivity (Wildman–Crippen MR) is 131 cm³/mol. The summed E-state index contributed by atoms with van der Waals surface area (Å²) in [5.41, 5.74) is 0.450. The fourth-order valence-electron chi connectivity index (χ4n) is 2.55. The lowest BCUT2D eigenvalue weighted by Crippen LogP contribution is -2.39. The molecule has 30 heavy (non-hydrogen) atoms. The van der Waals surface area contributed by atoms with Crippen molar-refractivity contribution in [2.75, 3.05) is 32.8 Å². The standard InChI is InChI=1S/C22H30N4O3.HI/c1-2-23-22(26-15-8-16-29-20-11-4-3-5-12-20)25-14-7-13-24-21(28)18-9-6-10-19(27)17-18;/h3-6,9-12,17,27H,2,7-8,13-16H2,1H3,(H,24,28)(H2,23,25,26);1H. The van der Waals surface area contributed by atoms with Gasteiger partial charge in [0.05, 0.1) is 6.61 Å². The molecule has 7 nitrogen and oxygen atoms in total. The molecule has 0 aliphatic heterocycles. The number of benzene rings is 2. The van der Waals surface area contributed by atoms with Crippen LogP contribution in [0.25, 0.3) is 0 Å². The average molecular weight is 526 g/mol. The quantitative estimate of drug-likeness (QED) is 0.156. The molecule has 0 radical (unpaired) electrons. The van der Waals surface area contributed by atoms with Crippen LogP contribution in [0.4, 0.5) is 0 Å². The van der Waals surface area contributed by atoms with E-state index in [-0.39, 0.29) is 35.6 Å². The lowest BCUT2D eigenvalue weighted by atomic mass is 10.2. The van der Waals surface area contributed by atoms with E-state index in [4.69, 9.17) is 4.74 Å². The van der Waals surface area contributed by atoms with Gasteiger partial charge in [-0.1, -0.05) is 24.3 Å². The van der Waals surface area contributed by atoms with Crippen molar-refractivity contribution in [3.8, 4) is 11.5 Å². The van der Waals surface area contributed by atoms with E-state index in [0.717, 1.165) is 31.1 Å². The molecule has 2 rings (SSSR count). The Morgan fingerprint density at radius 2 is 1.77 bits per heavy atom. The molecule has 0 aliphatic rings. The Morgan fingerprint density at radius 3 is 2.50 bits per heavy atom. The highest BCUT2D eigenvalue weighted by Gasteiger charge is 2.05. The minimum Gasteiger partial charge on any atom is -0.508 e. The highest BCUT2D eigenvalue weighted by Crippen LogP contribution is 2.10. The summed E-state index contributed by atoms with van der Waals surface area (Å²) in [5.74, 6) is 1.51. The molecule has 0 aliphatic carbocycles. The van der Waals surface area contributed by atoms with Crippen molar-refractivity contribution in [1.82, 2.24) is 16.0 Å². The maximum absolute atomic E-state index is 12.0. The highest BCUT2D eigenvalue weighted by molar-refractivity contribution is 14.0.